The molecule has 1 N–H and O–H groups in total. The van der Waals surface area contributed by atoms with Crippen molar-refractivity contribution in [3.8, 4) is 0 Å². The first-order valence-electron chi connectivity index (χ1n) is 10.4. The molecule has 1 heterocycles. The number of benzene rings is 1. The van der Waals surface area contributed by atoms with Crippen LogP contribution in [-0.4, -0.2) is 52.4 Å². The van der Waals surface area contributed by atoms with Crippen molar-refractivity contribution in [1.29, 1.82) is 0 Å². The smallest absolute Gasteiger partial charge is 0.420 e. The van der Waals surface area contributed by atoms with Crippen molar-refractivity contribution in [2.45, 2.75) is 71.4 Å². The van der Waals surface area contributed by atoms with E-state index in [1.807, 2.05) is 0 Å². The number of carbonyl (C=O) groups is 3. The minimum Gasteiger partial charge on any atom is -0.467 e. The molecule has 8 nitrogen and oxygen atoms in total. The van der Waals surface area contributed by atoms with Crippen molar-refractivity contribution < 1.29 is 41.8 Å². The van der Waals surface area contributed by atoms with Crippen LogP contribution in [-0.2, 0) is 31.6 Å². The maximum absolute atomic E-state index is 13.2. The second-order valence-electron chi connectivity index (χ2n) is 9.65. The fourth-order valence-electron chi connectivity index (χ4n) is 3.10. The molecule has 0 aliphatic heterocycles. The summed E-state index contributed by atoms with van der Waals surface area (Å²) in [5.41, 5.74) is -2.27. The zero-order valence-corrected chi connectivity index (χ0v) is 20.1. The van der Waals surface area contributed by atoms with Crippen LogP contribution >= 0.6 is 0 Å². The second-order valence-corrected chi connectivity index (χ2v) is 9.65. The predicted octanol–water partition coefficient (Wildman–Crippen LogP) is 5.44. The van der Waals surface area contributed by atoms with Crippen molar-refractivity contribution in [2.75, 3.05) is 7.11 Å². The third-order valence-corrected chi connectivity index (χ3v) is 4.47. The van der Waals surface area contributed by atoms with Gasteiger partial charge in [0.1, 0.15) is 17.2 Å². The molecule has 2 amide bonds. The number of amides is 2. The maximum Gasteiger partial charge on any atom is 0.420 e. The minimum absolute atomic E-state index is 0.178. The van der Waals surface area contributed by atoms with Gasteiger partial charge in [-0.15, -0.1) is 0 Å². The van der Waals surface area contributed by atoms with E-state index in [0.717, 1.165) is 19.2 Å². The third kappa shape index (κ3) is 6.88. The van der Waals surface area contributed by atoms with Crippen molar-refractivity contribution in [3.05, 3.63) is 35.5 Å². The zero-order valence-electron chi connectivity index (χ0n) is 20.1. The van der Waals surface area contributed by atoms with E-state index >= 15 is 0 Å². The summed E-state index contributed by atoms with van der Waals surface area (Å²) in [6.45, 7) is 9.44. The number of aromatic nitrogens is 1. The summed E-state index contributed by atoms with van der Waals surface area (Å²) in [6.07, 6.45) is -5.83. The minimum atomic E-state index is -4.58. The van der Waals surface area contributed by atoms with Crippen molar-refractivity contribution in [2.24, 2.45) is 0 Å². The first-order chi connectivity index (χ1) is 15.4. The number of nitrogens with one attached hydrogen (secondary N) is 1. The van der Waals surface area contributed by atoms with Crippen molar-refractivity contribution >= 4 is 29.1 Å². The molecule has 1 aromatic carbocycles. The fraction of sp³-hybridized carbons (Fsp3) is 0.522. The number of imide groups is 1. The van der Waals surface area contributed by atoms with Crippen LogP contribution in [0.3, 0.4) is 0 Å². The maximum atomic E-state index is 13.2. The molecule has 0 saturated heterocycles. The van der Waals surface area contributed by atoms with Gasteiger partial charge in [-0.3, -0.25) is 0 Å². The number of carbonyl (C=O) groups excluding carboxylic acids is 3. The summed E-state index contributed by atoms with van der Waals surface area (Å²) in [6, 6.07) is 1.55. The SMILES string of the molecule is COC(=O)[C@@H](Cc1c[nH]c2ccc(C(F)(F)F)cc12)N(C(=O)OC(C)(C)C)C(=O)OC(C)(C)C. The van der Waals surface area contributed by atoms with Crippen LogP contribution in [0.2, 0.25) is 0 Å². The van der Waals surface area contributed by atoms with Crippen LogP contribution in [0.15, 0.2) is 24.4 Å². The van der Waals surface area contributed by atoms with Crippen LogP contribution in [0.1, 0.15) is 52.7 Å². The highest BCUT2D eigenvalue weighted by atomic mass is 19.4. The van der Waals surface area contributed by atoms with E-state index in [0.29, 0.717) is 10.4 Å². The molecular formula is C23H29F3N2O6. The van der Waals surface area contributed by atoms with Crippen LogP contribution in [0.25, 0.3) is 10.9 Å². The second kappa shape index (κ2) is 9.55. The van der Waals surface area contributed by atoms with Gasteiger partial charge in [0.25, 0.3) is 0 Å². The number of halogens is 3. The van der Waals surface area contributed by atoms with E-state index in [9.17, 15) is 27.6 Å². The van der Waals surface area contributed by atoms with Gasteiger partial charge in [0.15, 0.2) is 0 Å². The molecule has 188 valence electrons. The Morgan fingerprint density at radius 2 is 1.50 bits per heavy atom. The van der Waals surface area contributed by atoms with Gasteiger partial charge >= 0.3 is 24.3 Å². The van der Waals surface area contributed by atoms with Gasteiger partial charge in [-0.1, -0.05) is 0 Å². The van der Waals surface area contributed by atoms with E-state index in [4.69, 9.17) is 14.2 Å². The molecule has 0 aliphatic rings. The van der Waals surface area contributed by atoms with Gasteiger partial charge in [-0.25, -0.2) is 14.4 Å². The number of ether oxygens (including phenoxy) is 3. The van der Waals surface area contributed by atoms with Gasteiger partial charge in [0.2, 0.25) is 0 Å². The highest BCUT2D eigenvalue weighted by Crippen LogP contribution is 2.33. The van der Waals surface area contributed by atoms with E-state index in [1.54, 1.807) is 41.5 Å². The molecule has 0 aliphatic carbocycles. The molecule has 0 radical (unpaired) electrons. The van der Waals surface area contributed by atoms with E-state index in [2.05, 4.69) is 4.98 Å². The highest BCUT2D eigenvalue weighted by Gasteiger charge is 2.41. The molecule has 0 spiro atoms. The first-order valence-corrected chi connectivity index (χ1v) is 10.4. The number of hydrogen-bond donors (Lipinski definition) is 1. The lowest BCUT2D eigenvalue weighted by Crippen LogP contribution is -2.53. The molecular weight excluding hydrogens is 457 g/mol. The number of nitrogens with zero attached hydrogens (tertiary/aromatic N) is 1. The quantitative estimate of drug-likeness (QED) is 0.456. The molecule has 0 bridgehead atoms. The highest BCUT2D eigenvalue weighted by molar-refractivity contribution is 5.95. The standard InChI is InChI=1S/C23H29F3N2O6/c1-21(2,3)33-19(30)28(20(31)34-22(4,5)6)17(18(29)32-7)10-13-12-27-16-9-8-14(11-15(13)16)23(24,25)26/h8-9,11-12,17,27H,10H2,1-7H3/t17-/m1/s1. The molecule has 0 saturated carbocycles. The lowest BCUT2D eigenvalue weighted by molar-refractivity contribution is -0.146. The Morgan fingerprint density at radius 1 is 0.971 bits per heavy atom. The monoisotopic (exact) mass is 486 g/mol. The number of alkyl halides is 3. The molecule has 11 heteroatoms. The van der Waals surface area contributed by atoms with Crippen molar-refractivity contribution in [1.82, 2.24) is 9.88 Å². The summed E-state index contributed by atoms with van der Waals surface area (Å²) in [7, 11) is 1.06. The van der Waals surface area contributed by atoms with E-state index in [1.165, 1.54) is 12.3 Å². The number of rotatable bonds is 4. The summed E-state index contributed by atoms with van der Waals surface area (Å²) in [5, 5.41) is 0.178. The Kier molecular flexibility index (Phi) is 7.59. The zero-order chi connectivity index (χ0) is 26.1. The van der Waals surface area contributed by atoms with E-state index in [-0.39, 0.29) is 17.4 Å². The Balaban J connectivity index is 2.56. The Hall–Kier alpha value is -3.24. The van der Waals surface area contributed by atoms with Crippen LogP contribution < -0.4 is 0 Å². The van der Waals surface area contributed by atoms with Gasteiger partial charge in [0, 0.05) is 23.5 Å². The average Bonchev–Trinajstić information content (AvgIpc) is 3.05. The number of fused-ring (bicyclic) bond motifs is 1. The van der Waals surface area contributed by atoms with Gasteiger partial charge in [0.05, 0.1) is 12.7 Å². The third-order valence-electron chi connectivity index (χ3n) is 4.47. The summed E-state index contributed by atoms with van der Waals surface area (Å²) in [4.78, 5) is 42.0. The van der Waals surface area contributed by atoms with Gasteiger partial charge in [-0.05, 0) is 65.3 Å². The van der Waals surface area contributed by atoms with Crippen molar-refractivity contribution in [3.63, 3.8) is 0 Å². The number of H-pyrrole nitrogens is 1. The number of methoxy groups -OCH3 is 1. The molecule has 2 aromatic rings. The number of esters is 1. The predicted molar refractivity (Wildman–Crippen MR) is 117 cm³/mol. The molecule has 2 rings (SSSR count). The van der Waals surface area contributed by atoms with Crippen LogP contribution in [0.5, 0.6) is 0 Å². The van der Waals surface area contributed by atoms with Crippen LogP contribution in [0.4, 0.5) is 22.8 Å². The number of aromatic amines is 1. The summed E-state index contributed by atoms with van der Waals surface area (Å²) in [5.74, 6) is -0.974. The lowest BCUT2D eigenvalue weighted by Gasteiger charge is -2.32. The van der Waals surface area contributed by atoms with Gasteiger partial charge < -0.3 is 19.2 Å². The number of hydrogen-bond acceptors (Lipinski definition) is 6. The molecule has 1 aromatic heterocycles. The fourth-order valence-corrected chi connectivity index (χ4v) is 3.10. The topological polar surface area (TPSA) is 97.9 Å². The molecule has 0 fully saturated rings. The lowest BCUT2D eigenvalue weighted by atomic mass is 10.0. The van der Waals surface area contributed by atoms with Gasteiger partial charge in [-0.2, -0.15) is 18.1 Å². The van der Waals surface area contributed by atoms with Crippen LogP contribution in [0, 0.1) is 0 Å². The summed E-state index contributed by atoms with van der Waals surface area (Å²) < 4.78 is 55.1. The molecule has 34 heavy (non-hydrogen) atoms. The average molecular weight is 486 g/mol. The Labute approximate surface area is 195 Å². The molecule has 0 unspecified atom stereocenters. The largest absolute Gasteiger partial charge is 0.467 e. The Morgan fingerprint density at radius 3 is 1.94 bits per heavy atom. The summed E-state index contributed by atoms with van der Waals surface area (Å²) >= 11 is 0. The Bertz CT molecular complexity index is 1040. The van der Waals surface area contributed by atoms with E-state index < -0.39 is 47.1 Å². The normalized spacial score (nSPS) is 13.4. The molecule has 1 atom stereocenters. The first kappa shape index (κ1) is 27.0.